The Hall–Kier alpha value is -0.680. The molecule has 1 aromatic heterocycles. The zero-order valence-electron chi connectivity index (χ0n) is 8.82. The van der Waals surface area contributed by atoms with E-state index in [4.69, 9.17) is 5.11 Å². The van der Waals surface area contributed by atoms with Crippen molar-refractivity contribution in [1.82, 2.24) is 10.2 Å². The van der Waals surface area contributed by atoms with Gasteiger partial charge in [0.15, 0.2) is 0 Å². The Kier molecular flexibility index (Phi) is 4.28. The normalized spacial score (nSPS) is 13.2. The maximum atomic E-state index is 9.00. The Morgan fingerprint density at radius 1 is 1.43 bits per heavy atom. The number of aromatic nitrogens is 2. The predicted molar refractivity (Wildman–Crippen MR) is 58.8 cm³/mol. The molecular formula is C9H17N3OS. The molecule has 0 saturated carbocycles. The highest BCUT2D eigenvalue weighted by atomic mass is 32.1. The minimum Gasteiger partial charge on any atom is -0.394 e. The highest BCUT2D eigenvalue weighted by molar-refractivity contribution is 7.15. The first-order valence-corrected chi connectivity index (χ1v) is 5.69. The molecule has 0 aliphatic heterocycles. The Bertz CT molecular complexity index is 271. The van der Waals surface area contributed by atoms with Crippen LogP contribution in [0.3, 0.4) is 0 Å². The third-order valence-corrected chi connectivity index (χ3v) is 3.13. The fourth-order valence-corrected chi connectivity index (χ4v) is 1.80. The average Bonchev–Trinajstić information content (AvgIpc) is 2.62. The van der Waals surface area contributed by atoms with E-state index >= 15 is 0 Å². The largest absolute Gasteiger partial charge is 0.394 e. The summed E-state index contributed by atoms with van der Waals surface area (Å²) in [5.74, 6) is 0.414. The molecule has 0 spiro atoms. The summed E-state index contributed by atoms with van der Waals surface area (Å²) in [7, 11) is 0. The van der Waals surface area contributed by atoms with Gasteiger partial charge >= 0.3 is 0 Å². The van der Waals surface area contributed by atoms with E-state index < -0.39 is 0 Å². The van der Waals surface area contributed by atoms with Crippen LogP contribution in [0.25, 0.3) is 0 Å². The first-order chi connectivity index (χ1) is 6.67. The molecule has 14 heavy (non-hydrogen) atoms. The molecule has 0 bridgehead atoms. The zero-order valence-corrected chi connectivity index (χ0v) is 9.64. The van der Waals surface area contributed by atoms with Crippen LogP contribution in [0.1, 0.15) is 38.1 Å². The van der Waals surface area contributed by atoms with Crippen LogP contribution in [-0.4, -0.2) is 28.0 Å². The molecule has 80 valence electrons. The number of aliphatic hydroxyl groups excluding tert-OH is 1. The second-order valence-corrected chi connectivity index (χ2v) is 4.54. The summed E-state index contributed by atoms with van der Waals surface area (Å²) >= 11 is 1.56. The standard InChI is InChI=1S/C9H17N3OS/c1-4-7(5-13)10-9-12-11-8(14-9)6(2)3/h6-7,13H,4-5H2,1-3H3,(H,10,12). The number of anilines is 1. The van der Waals surface area contributed by atoms with Crippen LogP contribution >= 0.6 is 11.3 Å². The van der Waals surface area contributed by atoms with E-state index in [9.17, 15) is 0 Å². The lowest BCUT2D eigenvalue weighted by molar-refractivity contribution is 0.272. The molecule has 0 amide bonds. The smallest absolute Gasteiger partial charge is 0.205 e. The number of hydrogen-bond donors (Lipinski definition) is 2. The second-order valence-electron chi connectivity index (χ2n) is 3.53. The van der Waals surface area contributed by atoms with E-state index in [1.807, 2.05) is 6.92 Å². The van der Waals surface area contributed by atoms with Gasteiger partial charge in [0.1, 0.15) is 5.01 Å². The maximum Gasteiger partial charge on any atom is 0.205 e. The van der Waals surface area contributed by atoms with Crippen LogP contribution in [-0.2, 0) is 0 Å². The first kappa shape index (κ1) is 11.4. The summed E-state index contributed by atoms with van der Waals surface area (Å²) in [5.41, 5.74) is 0. The van der Waals surface area contributed by atoms with Gasteiger partial charge in [-0.2, -0.15) is 0 Å². The molecule has 0 fully saturated rings. The molecule has 1 rings (SSSR count). The monoisotopic (exact) mass is 215 g/mol. The number of aliphatic hydroxyl groups is 1. The molecule has 1 atom stereocenters. The average molecular weight is 215 g/mol. The van der Waals surface area contributed by atoms with Gasteiger partial charge in [-0.3, -0.25) is 0 Å². The van der Waals surface area contributed by atoms with Crippen molar-refractivity contribution >= 4 is 16.5 Å². The van der Waals surface area contributed by atoms with Gasteiger partial charge in [0, 0.05) is 5.92 Å². The Morgan fingerprint density at radius 2 is 2.14 bits per heavy atom. The number of nitrogens with one attached hydrogen (secondary N) is 1. The third kappa shape index (κ3) is 2.92. The Balaban J connectivity index is 2.58. The summed E-state index contributed by atoms with van der Waals surface area (Å²) in [6, 6.07) is 0.0861. The topological polar surface area (TPSA) is 58.0 Å². The van der Waals surface area contributed by atoms with Gasteiger partial charge in [-0.25, -0.2) is 0 Å². The number of hydrogen-bond acceptors (Lipinski definition) is 5. The molecular weight excluding hydrogens is 198 g/mol. The van der Waals surface area contributed by atoms with Gasteiger partial charge in [-0.15, -0.1) is 10.2 Å². The molecule has 0 saturated heterocycles. The molecule has 5 heteroatoms. The summed E-state index contributed by atoms with van der Waals surface area (Å²) in [4.78, 5) is 0. The van der Waals surface area contributed by atoms with E-state index in [0.717, 1.165) is 16.6 Å². The van der Waals surface area contributed by atoms with E-state index in [-0.39, 0.29) is 12.6 Å². The van der Waals surface area contributed by atoms with Gasteiger partial charge in [0.25, 0.3) is 0 Å². The minimum atomic E-state index is 0.0861. The molecule has 1 unspecified atom stereocenters. The second kappa shape index (κ2) is 5.26. The summed E-state index contributed by atoms with van der Waals surface area (Å²) in [6.07, 6.45) is 0.882. The molecule has 2 N–H and O–H groups in total. The van der Waals surface area contributed by atoms with Crippen molar-refractivity contribution in [2.75, 3.05) is 11.9 Å². The van der Waals surface area contributed by atoms with E-state index in [2.05, 4.69) is 29.4 Å². The van der Waals surface area contributed by atoms with Crippen molar-refractivity contribution in [3.63, 3.8) is 0 Å². The first-order valence-electron chi connectivity index (χ1n) is 4.88. The van der Waals surface area contributed by atoms with Crippen LogP contribution < -0.4 is 5.32 Å². The van der Waals surface area contributed by atoms with Crippen LogP contribution in [0.2, 0.25) is 0 Å². The van der Waals surface area contributed by atoms with Crippen molar-refractivity contribution in [3.05, 3.63) is 5.01 Å². The summed E-state index contributed by atoms with van der Waals surface area (Å²) < 4.78 is 0. The highest BCUT2D eigenvalue weighted by Gasteiger charge is 2.10. The Morgan fingerprint density at radius 3 is 2.57 bits per heavy atom. The maximum absolute atomic E-state index is 9.00. The van der Waals surface area contributed by atoms with Crippen LogP contribution in [0, 0.1) is 0 Å². The van der Waals surface area contributed by atoms with Gasteiger partial charge in [0.05, 0.1) is 12.6 Å². The molecule has 0 aromatic carbocycles. The fraction of sp³-hybridized carbons (Fsp3) is 0.778. The van der Waals surface area contributed by atoms with E-state index in [1.54, 1.807) is 11.3 Å². The highest BCUT2D eigenvalue weighted by Crippen LogP contribution is 2.22. The number of nitrogens with zero attached hydrogens (tertiary/aromatic N) is 2. The van der Waals surface area contributed by atoms with Crippen molar-refractivity contribution in [2.45, 2.75) is 39.2 Å². The zero-order chi connectivity index (χ0) is 10.6. The fourth-order valence-electron chi connectivity index (χ4n) is 0.978. The van der Waals surface area contributed by atoms with Gasteiger partial charge < -0.3 is 10.4 Å². The van der Waals surface area contributed by atoms with Crippen molar-refractivity contribution in [3.8, 4) is 0 Å². The van der Waals surface area contributed by atoms with Gasteiger partial charge in [-0.1, -0.05) is 32.1 Å². The molecule has 4 nitrogen and oxygen atoms in total. The predicted octanol–water partition coefficient (Wildman–Crippen LogP) is 1.84. The molecule has 0 aliphatic carbocycles. The van der Waals surface area contributed by atoms with Gasteiger partial charge in [-0.05, 0) is 6.42 Å². The lowest BCUT2D eigenvalue weighted by atomic mass is 10.2. The SMILES string of the molecule is CCC(CO)Nc1nnc(C(C)C)s1. The third-order valence-electron chi connectivity index (χ3n) is 1.98. The minimum absolute atomic E-state index is 0.0861. The van der Waals surface area contributed by atoms with Crippen LogP contribution in [0.15, 0.2) is 0 Å². The Labute approximate surface area is 88.4 Å². The molecule has 1 aromatic rings. The van der Waals surface area contributed by atoms with Crippen LogP contribution in [0.5, 0.6) is 0 Å². The lowest BCUT2D eigenvalue weighted by Gasteiger charge is -2.11. The van der Waals surface area contributed by atoms with Crippen molar-refractivity contribution in [1.29, 1.82) is 0 Å². The summed E-state index contributed by atoms with van der Waals surface area (Å²) in [5, 5.41) is 22.1. The van der Waals surface area contributed by atoms with Crippen molar-refractivity contribution in [2.24, 2.45) is 0 Å². The number of rotatable bonds is 5. The van der Waals surface area contributed by atoms with Crippen molar-refractivity contribution < 1.29 is 5.11 Å². The van der Waals surface area contributed by atoms with E-state index in [0.29, 0.717) is 5.92 Å². The molecule has 0 aliphatic rings. The molecule has 0 radical (unpaired) electrons. The van der Waals surface area contributed by atoms with Crippen LogP contribution in [0.4, 0.5) is 5.13 Å². The lowest BCUT2D eigenvalue weighted by Crippen LogP contribution is -2.22. The van der Waals surface area contributed by atoms with E-state index in [1.165, 1.54) is 0 Å². The quantitative estimate of drug-likeness (QED) is 0.787. The molecule has 1 heterocycles. The summed E-state index contributed by atoms with van der Waals surface area (Å²) in [6.45, 7) is 6.34. The van der Waals surface area contributed by atoms with Gasteiger partial charge in [0.2, 0.25) is 5.13 Å².